The Kier molecular flexibility index (Phi) is 6.35. The Labute approximate surface area is 182 Å². The Hall–Kier alpha value is -3.15. The summed E-state index contributed by atoms with van der Waals surface area (Å²) < 4.78 is 5.17. The number of methoxy groups -OCH3 is 1. The summed E-state index contributed by atoms with van der Waals surface area (Å²) in [6.45, 7) is 0.865. The van der Waals surface area contributed by atoms with Gasteiger partial charge in [-0.05, 0) is 55.0 Å². The highest BCUT2D eigenvalue weighted by molar-refractivity contribution is 6.21. The van der Waals surface area contributed by atoms with Crippen molar-refractivity contribution in [2.45, 2.75) is 32.1 Å². The molecule has 2 aromatic carbocycles. The van der Waals surface area contributed by atoms with Gasteiger partial charge in [0.25, 0.3) is 11.8 Å². The van der Waals surface area contributed by atoms with Crippen molar-refractivity contribution in [2.24, 2.45) is 11.8 Å². The Morgan fingerprint density at radius 1 is 1.00 bits per heavy atom. The lowest BCUT2D eigenvalue weighted by molar-refractivity contribution is -0.127. The number of nitrogens with one attached hydrogen (secondary N) is 1. The molecular formula is C25H28N2O4. The highest BCUT2D eigenvalue weighted by atomic mass is 16.5. The molecule has 1 fully saturated rings. The van der Waals surface area contributed by atoms with E-state index < -0.39 is 0 Å². The minimum atomic E-state index is -0.246. The maximum Gasteiger partial charge on any atom is 0.261 e. The van der Waals surface area contributed by atoms with E-state index in [0.29, 0.717) is 24.2 Å². The predicted molar refractivity (Wildman–Crippen MR) is 117 cm³/mol. The quantitative estimate of drug-likeness (QED) is 0.696. The summed E-state index contributed by atoms with van der Waals surface area (Å²) in [7, 11) is 1.64. The molecule has 1 N–H and O–H groups in total. The molecule has 0 bridgehead atoms. The van der Waals surface area contributed by atoms with Crippen LogP contribution in [-0.4, -0.2) is 42.8 Å². The van der Waals surface area contributed by atoms with Gasteiger partial charge in [0.15, 0.2) is 0 Å². The van der Waals surface area contributed by atoms with Crippen LogP contribution in [0, 0.1) is 11.8 Å². The standard InChI is InChI=1S/C25H28N2O4/c1-31-19-12-10-17(11-13-19)14-15-26-23(28)20-7-3-2-6-18(20)16-27-24(29)21-8-4-5-9-22(21)25(27)30/h4-5,8-13,18,20H,2-3,6-7,14-16H2,1H3,(H,26,28). The maximum absolute atomic E-state index is 12.9. The molecule has 0 spiro atoms. The molecule has 0 saturated heterocycles. The van der Waals surface area contributed by atoms with Crippen LogP contribution in [0.5, 0.6) is 5.75 Å². The third-order valence-corrected chi connectivity index (χ3v) is 6.41. The number of benzene rings is 2. The summed E-state index contributed by atoms with van der Waals surface area (Å²) >= 11 is 0. The van der Waals surface area contributed by atoms with E-state index in [0.717, 1.165) is 43.4 Å². The topological polar surface area (TPSA) is 75.7 Å². The van der Waals surface area contributed by atoms with Crippen LogP contribution in [0.25, 0.3) is 0 Å². The van der Waals surface area contributed by atoms with E-state index in [1.165, 1.54) is 4.90 Å². The molecule has 2 atom stereocenters. The number of imide groups is 1. The number of carbonyl (C=O) groups excluding carboxylic acids is 3. The van der Waals surface area contributed by atoms with Gasteiger partial charge in [0, 0.05) is 19.0 Å². The van der Waals surface area contributed by atoms with Gasteiger partial charge in [-0.2, -0.15) is 0 Å². The maximum atomic E-state index is 12.9. The van der Waals surface area contributed by atoms with Crippen molar-refractivity contribution in [3.05, 3.63) is 65.2 Å². The van der Waals surface area contributed by atoms with Gasteiger partial charge >= 0.3 is 0 Å². The second kappa shape index (κ2) is 9.33. The van der Waals surface area contributed by atoms with Gasteiger partial charge in [-0.15, -0.1) is 0 Å². The monoisotopic (exact) mass is 420 g/mol. The van der Waals surface area contributed by atoms with Crippen LogP contribution in [0.2, 0.25) is 0 Å². The van der Waals surface area contributed by atoms with Crippen molar-refractivity contribution < 1.29 is 19.1 Å². The van der Waals surface area contributed by atoms with Crippen molar-refractivity contribution in [3.63, 3.8) is 0 Å². The fourth-order valence-corrected chi connectivity index (χ4v) is 4.66. The zero-order chi connectivity index (χ0) is 21.8. The zero-order valence-corrected chi connectivity index (χ0v) is 17.8. The molecule has 162 valence electrons. The lowest BCUT2D eigenvalue weighted by Crippen LogP contribution is -2.43. The molecule has 1 heterocycles. The molecule has 2 aromatic rings. The minimum absolute atomic E-state index is 0.00283. The van der Waals surface area contributed by atoms with Crippen LogP contribution in [0.4, 0.5) is 0 Å². The molecule has 31 heavy (non-hydrogen) atoms. The molecule has 6 nitrogen and oxygen atoms in total. The fraction of sp³-hybridized carbons (Fsp3) is 0.400. The lowest BCUT2D eigenvalue weighted by atomic mass is 9.78. The minimum Gasteiger partial charge on any atom is -0.497 e. The summed E-state index contributed by atoms with van der Waals surface area (Å²) in [4.78, 5) is 39.7. The fourth-order valence-electron chi connectivity index (χ4n) is 4.66. The Morgan fingerprint density at radius 3 is 2.29 bits per heavy atom. The SMILES string of the molecule is COc1ccc(CCNC(=O)C2CCCCC2CN2C(=O)c3ccccc3C2=O)cc1. The van der Waals surface area contributed by atoms with Crippen LogP contribution in [0.3, 0.4) is 0 Å². The number of carbonyl (C=O) groups is 3. The number of nitrogens with zero attached hydrogens (tertiary/aromatic N) is 1. The van der Waals surface area contributed by atoms with Gasteiger partial charge in [0.05, 0.1) is 18.2 Å². The summed E-state index contributed by atoms with van der Waals surface area (Å²) in [6.07, 6.45) is 4.40. The van der Waals surface area contributed by atoms with Crippen LogP contribution in [0.15, 0.2) is 48.5 Å². The molecular weight excluding hydrogens is 392 g/mol. The summed E-state index contributed by atoms with van der Waals surface area (Å²) in [6, 6.07) is 14.8. The van der Waals surface area contributed by atoms with Gasteiger partial charge < -0.3 is 10.1 Å². The number of hydrogen-bond donors (Lipinski definition) is 1. The first-order chi connectivity index (χ1) is 15.1. The Bertz CT molecular complexity index is 935. The van der Waals surface area contributed by atoms with E-state index in [4.69, 9.17) is 4.74 Å². The average molecular weight is 421 g/mol. The van der Waals surface area contributed by atoms with Gasteiger partial charge in [0.1, 0.15) is 5.75 Å². The predicted octanol–water partition coefficient (Wildman–Crippen LogP) is 3.46. The van der Waals surface area contributed by atoms with Crippen molar-refractivity contribution in [3.8, 4) is 5.75 Å². The van der Waals surface area contributed by atoms with E-state index in [2.05, 4.69) is 5.32 Å². The van der Waals surface area contributed by atoms with Crippen molar-refractivity contribution in [2.75, 3.05) is 20.2 Å². The number of hydrogen-bond acceptors (Lipinski definition) is 4. The molecule has 6 heteroatoms. The first kappa shape index (κ1) is 21.1. The smallest absolute Gasteiger partial charge is 0.261 e. The van der Waals surface area contributed by atoms with Crippen LogP contribution in [0.1, 0.15) is 52.0 Å². The molecule has 1 saturated carbocycles. The number of rotatable bonds is 7. The number of amides is 3. The van der Waals surface area contributed by atoms with E-state index in [9.17, 15) is 14.4 Å². The zero-order valence-electron chi connectivity index (χ0n) is 17.8. The van der Waals surface area contributed by atoms with E-state index >= 15 is 0 Å². The second-order valence-corrected chi connectivity index (χ2v) is 8.31. The molecule has 0 radical (unpaired) electrons. The second-order valence-electron chi connectivity index (χ2n) is 8.31. The van der Waals surface area contributed by atoms with Crippen molar-refractivity contribution in [1.29, 1.82) is 0 Å². The lowest BCUT2D eigenvalue weighted by Gasteiger charge is -2.32. The highest BCUT2D eigenvalue weighted by Crippen LogP contribution is 2.33. The summed E-state index contributed by atoms with van der Waals surface area (Å²) in [5.41, 5.74) is 2.06. The third-order valence-electron chi connectivity index (χ3n) is 6.41. The van der Waals surface area contributed by atoms with Gasteiger partial charge in [0.2, 0.25) is 5.91 Å². The number of ether oxygens (including phenoxy) is 1. The Balaban J connectivity index is 1.35. The van der Waals surface area contributed by atoms with Crippen LogP contribution >= 0.6 is 0 Å². The third kappa shape index (κ3) is 4.48. The Morgan fingerprint density at radius 2 is 1.65 bits per heavy atom. The largest absolute Gasteiger partial charge is 0.497 e. The van der Waals surface area contributed by atoms with E-state index in [1.807, 2.05) is 24.3 Å². The van der Waals surface area contributed by atoms with Crippen molar-refractivity contribution >= 4 is 17.7 Å². The van der Waals surface area contributed by atoms with Gasteiger partial charge in [-0.1, -0.05) is 37.1 Å². The molecule has 4 rings (SSSR count). The first-order valence-corrected chi connectivity index (χ1v) is 10.9. The highest BCUT2D eigenvalue weighted by Gasteiger charge is 2.39. The average Bonchev–Trinajstić information content (AvgIpc) is 3.05. The van der Waals surface area contributed by atoms with Gasteiger partial charge in [-0.3, -0.25) is 19.3 Å². The summed E-state index contributed by atoms with van der Waals surface area (Å²) in [5, 5.41) is 3.07. The molecule has 0 aromatic heterocycles. The first-order valence-electron chi connectivity index (χ1n) is 10.9. The van der Waals surface area contributed by atoms with E-state index in [-0.39, 0.29) is 29.6 Å². The number of fused-ring (bicyclic) bond motifs is 1. The van der Waals surface area contributed by atoms with E-state index in [1.54, 1.807) is 31.4 Å². The molecule has 3 amide bonds. The molecule has 1 aliphatic carbocycles. The van der Waals surface area contributed by atoms with Crippen LogP contribution < -0.4 is 10.1 Å². The normalized spacial score (nSPS) is 20.5. The van der Waals surface area contributed by atoms with Crippen LogP contribution in [-0.2, 0) is 11.2 Å². The van der Waals surface area contributed by atoms with Gasteiger partial charge in [-0.25, -0.2) is 0 Å². The summed E-state index contributed by atoms with van der Waals surface area (Å²) in [5.74, 6) is 0.168. The van der Waals surface area contributed by atoms with Crippen molar-refractivity contribution in [1.82, 2.24) is 10.2 Å². The molecule has 2 aliphatic rings. The molecule has 1 aliphatic heterocycles. The molecule has 2 unspecified atom stereocenters.